The first-order valence-corrected chi connectivity index (χ1v) is 8.44. The highest BCUT2D eigenvalue weighted by Gasteiger charge is 2.50. The summed E-state index contributed by atoms with van der Waals surface area (Å²) in [5.74, 6) is -1.41. The normalized spacial score (nSPS) is 18.5. The van der Waals surface area contributed by atoms with Gasteiger partial charge in [-0.1, -0.05) is 43.2 Å². The van der Waals surface area contributed by atoms with E-state index >= 15 is 0 Å². The third kappa shape index (κ3) is 2.08. The maximum atomic E-state index is 13.1. The fraction of sp³-hybridized carbons (Fsp3) is 0.300. The molecule has 0 amide bonds. The van der Waals surface area contributed by atoms with Gasteiger partial charge in [0.25, 0.3) is 0 Å². The Morgan fingerprint density at radius 3 is 2.48 bits per heavy atom. The zero-order chi connectivity index (χ0) is 17.6. The van der Waals surface area contributed by atoms with Crippen LogP contribution in [0.1, 0.15) is 36.2 Å². The molecule has 1 aromatic carbocycles. The Bertz CT molecular complexity index is 886. The molecule has 1 fully saturated rings. The third-order valence-corrected chi connectivity index (χ3v) is 5.37. The van der Waals surface area contributed by atoms with Crippen molar-refractivity contribution in [1.29, 1.82) is 0 Å². The fourth-order valence-electron chi connectivity index (χ4n) is 4.17. The van der Waals surface area contributed by atoms with Gasteiger partial charge in [0.1, 0.15) is 16.9 Å². The second kappa shape index (κ2) is 5.62. The smallest absolute Gasteiger partial charge is 0.345 e. The van der Waals surface area contributed by atoms with E-state index in [1.54, 1.807) is 0 Å². The lowest BCUT2D eigenvalue weighted by molar-refractivity contribution is -0.136. The van der Waals surface area contributed by atoms with Gasteiger partial charge in [-0.15, -0.1) is 0 Å². The van der Waals surface area contributed by atoms with Crippen LogP contribution in [0.3, 0.4) is 0 Å². The Morgan fingerprint density at radius 2 is 1.84 bits per heavy atom. The van der Waals surface area contributed by atoms with Crippen molar-refractivity contribution >= 4 is 11.8 Å². The van der Waals surface area contributed by atoms with E-state index in [4.69, 9.17) is 4.74 Å². The van der Waals surface area contributed by atoms with Gasteiger partial charge in [-0.2, -0.15) is 0 Å². The number of allylic oxidation sites excluding steroid dienone is 1. The first-order chi connectivity index (χ1) is 12.1. The molecule has 0 bridgehead atoms. The number of benzene rings is 1. The minimum atomic E-state index is -0.778. The molecule has 1 aromatic heterocycles. The van der Waals surface area contributed by atoms with Gasteiger partial charge in [0.05, 0.1) is 12.8 Å². The maximum absolute atomic E-state index is 13.1. The lowest BCUT2D eigenvalue weighted by Gasteiger charge is -2.36. The number of carbonyl (C=O) groups is 2. The Morgan fingerprint density at radius 1 is 1.16 bits per heavy atom. The molecular weight excluding hydrogens is 318 g/mol. The van der Waals surface area contributed by atoms with Gasteiger partial charge in [0.15, 0.2) is 0 Å². The number of ketones is 1. The molecule has 4 rings (SSSR count). The Hall–Kier alpha value is -2.82. The molecule has 128 valence electrons. The molecule has 2 aliphatic rings. The predicted molar refractivity (Wildman–Crippen MR) is 92.3 cm³/mol. The standard InChI is InChI=1S/C20H19NO4/c1-25-19(24)15-17(22)16-14(13-7-3-2-4-8-13)9-12-21(16)20(18(15)23)10-5-6-11-20/h2-4,7-9,12,23H,5-6,10-11H2,1H3. The van der Waals surface area contributed by atoms with E-state index in [0.29, 0.717) is 18.5 Å². The van der Waals surface area contributed by atoms with E-state index in [9.17, 15) is 14.7 Å². The second-order valence-corrected chi connectivity index (χ2v) is 6.60. The summed E-state index contributed by atoms with van der Waals surface area (Å²) in [5, 5.41) is 10.9. The SMILES string of the molecule is COC(=O)C1=C(O)C2(CCCC2)n2ccc(-c3ccccc3)c2C1=O. The molecule has 1 spiro atoms. The molecule has 0 unspecified atom stereocenters. The van der Waals surface area contributed by atoms with Crippen LogP contribution in [-0.4, -0.2) is 28.5 Å². The molecule has 0 saturated heterocycles. The Balaban J connectivity index is 1.98. The number of hydrogen-bond acceptors (Lipinski definition) is 4. The van der Waals surface area contributed by atoms with Crippen LogP contribution in [0.25, 0.3) is 11.1 Å². The molecule has 5 nitrogen and oxygen atoms in total. The van der Waals surface area contributed by atoms with Gasteiger partial charge in [-0.3, -0.25) is 4.79 Å². The summed E-state index contributed by atoms with van der Waals surface area (Å²) < 4.78 is 6.65. The number of esters is 1. The monoisotopic (exact) mass is 337 g/mol. The minimum absolute atomic E-state index is 0.149. The second-order valence-electron chi connectivity index (χ2n) is 6.60. The Labute approximate surface area is 145 Å². The van der Waals surface area contributed by atoms with Crippen molar-refractivity contribution in [2.24, 2.45) is 0 Å². The number of nitrogens with zero attached hydrogens (tertiary/aromatic N) is 1. The highest BCUT2D eigenvalue weighted by molar-refractivity contribution is 6.26. The third-order valence-electron chi connectivity index (χ3n) is 5.37. The highest BCUT2D eigenvalue weighted by atomic mass is 16.5. The summed E-state index contributed by atoms with van der Waals surface area (Å²) >= 11 is 0. The average Bonchev–Trinajstić information content (AvgIpc) is 3.29. The Kier molecular flexibility index (Phi) is 3.53. The summed E-state index contributed by atoms with van der Waals surface area (Å²) in [5.41, 5.74) is 1.17. The van der Waals surface area contributed by atoms with Gasteiger partial charge >= 0.3 is 5.97 Å². The van der Waals surface area contributed by atoms with Gasteiger partial charge in [-0.05, 0) is 24.5 Å². The molecule has 0 atom stereocenters. The minimum Gasteiger partial charge on any atom is -0.509 e. The number of aliphatic hydroxyl groups excluding tert-OH is 1. The van der Waals surface area contributed by atoms with Crippen molar-refractivity contribution in [3.05, 3.63) is 59.6 Å². The van der Waals surface area contributed by atoms with Crippen LogP contribution in [0.5, 0.6) is 0 Å². The van der Waals surface area contributed by atoms with Crippen LogP contribution in [-0.2, 0) is 15.1 Å². The summed E-state index contributed by atoms with van der Waals surface area (Å²) in [7, 11) is 1.23. The van der Waals surface area contributed by atoms with E-state index in [-0.39, 0.29) is 11.3 Å². The molecule has 5 heteroatoms. The van der Waals surface area contributed by atoms with Crippen molar-refractivity contribution in [2.75, 3.05) is 7.11 Å². The van der Waals surface area contributed by atoms with E-state index in [0.717, 1.165) is 24.0 Å². The summed E-state index contributed by atoms with van der Waals surface area (Å²) in [6, 6.07) is 11.5. The molecule has 1 aliphatic heterocycles. The zero-order valence-electron chi connectivity index (χ0n) is 14.0. The zero-order valence-corrected chi connectivity index (χ0v) is 14.0. The molecule has 1 N–H and O–H groups in total. The molecule has 25 heavy (non-hydrogen) atoms. The van der Waals surface area contributed by atoms with Gasteiger partial charge in [-0.25, -0.2) is 4.79 Å². The van der Waals surface area contributed by atoms with Crippen LogP contribution in [0.4, 0.5) is 0 Å². The van der Waals surface area contributed by atoms with E-state index in [2.05, 4.69) is 0 Å². The van der Waals surface area contributed by atoms with Crippen LogP contribution in [0.2, 0.25) is 0 Å². The first kappa shape index (κ1) is 15.7. The predicted octanol–water partition coefficient (Wildman–Crippen LogP) is 3.61. The number of fused-ring (bicyclic) bond motifs is 2. The summed E-state index contributed by atoms with van der Waals surface area (Å²) in [6.45, 7) is 0. The molecule has 1 saturated carbocycles. The summed E-state index contributed by atoms with van der Waals surface area (Å²) in [6.07, 6.45) is 5.12. The lowest BCUT2D eigenvalue weighted by atomic mass is 9.84. The van der Waals surface area contributed by atoms with Gasteiger partial charge in [0.2, 0.25) is 5.78 Å². The molecule has 1 aliphatic carbocycles. The fourth-order valence-corrected chi connectivity index (χ4v) is 4.17. The number of rotatable bonds is 2. The number of hydrogen-bond donors (Lipinski definition) is 1. The quantitative estimate of drug-likeness (QED) is 0.671. The van der Waals surface area contributed by atoms with Crippen molar-refractivity contribution in [3.63, 3.8) is 0 Å². The van der Waals surface area contributed by atoms with Crippen molar-refractivity contribution in [3.8, 4) is 11.1 Å². The number of carbonyl (C=O) groups excluding carboxylic acids is 2. The topological polar surface area (TPSA) is 68.5 Å². The van der Waals surface area contributed by atoms with Crippen molar-refractivity contribution in [1.82, 2.24) is 4.57 Å². The first-order valence-electron chi connectivity index (χ1n) is 8.44. The number of methoxy groups -OCH3 is 1. The van der Waals surface area contributed by atoms with Gasteiger partial charge < -0.3 is 14.4 Å². The number of aliphatic hydroxyl groups is 1. The van der Waals surface area contributed by atoms with E-state index < -0.39 is 17.3 Å². The number of Topliss-reactive ketones (excluding diaryl/α,β-unsaturated/α-hetero) is 1. The van der Waals surface area contributed by atoms with Crippen LogP contribution in [0.15, 0.2) is 53.9 Å². The van der Waals surface area contributed by atoms with Gasteiger partial charge in [0, 0.05) is 11.8 Å². The van der Waals surface area contributed by atoms with E-state index in [1.807, 2.05) is 47.2 Å². The highest BCUT2D eigenvalue weighted by Crippen LogP contribution is 2.48. The summed E-state index contributed by atoms with van der Waals surface area (Å²) in [4.78, 5) is 25.3. The molecule has 2 aromatic rings. The van der Waals surface area contributed by atoms with Crippen molar-refractivity contribution < 1.29 is 19.4 Å². The molecular formula is C20H19NO4. The van der Waals surface area contributed by atoms with Crippen molar-refractivity contribution in [2.45, 2.75) is 31.2 Å². The molecule has 2 heterocycles. The van der Waals surface area contributed by atoms with Crippen LogP contribution in [0, 0.1) is 0 Å². The largest absolute Gasteiger partial charge is 0.509 e. The van der Waals surface area contributed by atoms with Crippen LogP contribution >= 0.6 is 0 Å². The average molecular weight is 337 g/mol. The van der Waals surface area contributed by atoms with E-state index in [1.165, 1.54) is 7.11 Å². The number of ether oxygens (including phenoxy) is 1. The number of aromatic nitrogens is 1. The maximum Gasteiger partial charge on any atom is 0.345 e. The van der Waals surface area contributed by atoms with Crippen LogP contribution < -0.4 is 0 Å². The molecule has 0 radical (unpaired) electrons. The lowest BCUT2D eigenvalue weighted by Crippen LogP contribution is -2.42.